The summed E-state index contributed by atoms with van der Waals surface area (Å²) in [4.78, 5) is 78.8. The Morgan fingerprint density at radius 1 is 0.470 bits per heavy atom. The highest BCUT2D eigenvalue weighted by Gasteiger charge is 2.27. The van der Waals surface area contributed by atoms with Crippen molar-refractivity contribution in [2.24, 2.45) is 20.5 Å². The molecule has 2 unspecified atom stereocenters. The number of benzene rings is 5. The van der Waals surface area contributed by atoms with Crippen molar-refractivity contribution in [2.75, 3.05) is 21.3 Å². The van der Waals surface area contributed by atoms with Gasteiger partial charge in [0.15, 0.2) is 11.6 Å². The number of ketones is 2. The highest BCUT2D eigenvalue weighted by Crippen LogP contribution is 2.36. The number of hydrogen-bond donors (Lipinski definition) is 4. The molecule has 0 aliphatic rings. The first-order chi connectivity index (χ1) is 31.2. The van der Waals surface area contributed by atoms with Gasteiger partial charge in [-0.05, 0) is 111 Å². The van der Waals surface area contributed by atoms with E-state index in [1.165, 1.54) is 60.7 Å². The minimum atomic E-state index is -1.63. The summed E-state index contributed by atoms with van der Waals surface area (Å²) >= 11 is 49.0. The molecule has 0 fully saturated rings. The van der Waals surface area contributed by atoms with Gasteiger partial charge < -0.3 is 21.3 Å². The quantitative estimate of drug-likeness (QED) is 0.0430. The number of amides is 4. The molecule has 0 aliphatic carbocycles. The summed E-state index contributed by atoms with van der Waals surface area (Å²) in [5.74, 6) is -4.10. The molecule has 2 atom stereocenters. The lowest BCUT2D eigenvalue weighted by atomic mass is 10.0. The molecule has 0 aliphatic heterocycles. The van der Waals surface area contributed by atoms with Crippen molar-refractivity contribution in [3.05, 3.63) is 135 Å². The van der Waals surface area contributed by atoms with Crippen LogP contribution in [0.4, 0.5) is 34.1 Å². The fourth-order valence-corrected chi connectivity index (χ4v) is 7.41. The highest BCUT2D eigenvalue weighted by atomic mass is 35.5. The van der Waals surface area contributed by atoms with Crippen LogP contribution in [0, 0.1) is 0 Å². The van der Waals surface area contributed by atoms with Crippen LogP contribution in [0.15, 0.2) is 93.3 Å². The molecule has 5 aromatic carbocycles. The van der Waals surface area contributed by atoms with Crippen molar-refractivity contribution in [3.63, 3.8) is 0 Å². The van der Waals surface area contributed by atoms with Gasteiger partial charge in [0.25, 0.3) is 23.6 Å². The monoisotopic (exact) mass is 1050 g/mol. The van der Waals surface area contributed by atoms with Gasteiger partial charge in [-0.3, -0.25) is 28.8 Å². The standard InChI is InChI=1S/C44H34Cl8N8O6/c1-5-21-11-34(56-44(66)40(20(4)62)60-58-36-14-24(8-10-28(36)46)42(64)54-26-17-31(49)38(52)32(50)18-26)22(6-2)12-33(21)55-43(65)39(19(3)61)59-57-35-13-23(7-9-27(35)45)41(63)53-25-15-29(47)37(51)30(48)16-25/h7-18,39-40H,5-6H2,1-4H3,(H,53,63)(H,54,64)(H,55,65)(H,56,66). The number of rotatable bonds is 16. The van der Waals surface area contributed by atoms with E-state index in [2.05, 4.69) is 41.7 Å². The molecule has 14 nitrogen and oxygen atoms in total. The van der Waals surface area contributed by atoms with Crippen molar-refractivity contribution in [3.8, 4) is 0 Å². The number of azo groups is 2. The van der Waals surface area contributed by atoms with Gasteiger partial charge in [-0.15, -0.1) is 0 Å². The number of nitrogens with one attached hydrogen (secondary N) is 4. The highest BCUT2D eigenvalue weighted by molar-refractivity contribution is 6.49. The second-order valence-electron chi connectivity index (χ2n) is 14.1. The summed E-state index contributed by atoms with van der Waals surface area (Å²) < 4.78 is 0. The van der Waals surface area contributed by atoms with Gasteiger partial charge in [0.05, 0.1) is 40.2 Å². The zero-order valence-corrected chi connectivity index (χ0v) is 40.8. The van der Waals surface area contributed by atoms with E-state index in [9.17, 15) is 28.8 Å². The van der Waals surface area contributed by atoms with Gasteiger partial charge >= 0.3 is 0 Å². The zero-order chi connectivity index (χ0) is 48.6. The van der Waals surface area contributed by atoms with Crippen molar-refractivity contribution in [1.29, 1.82) is 0 Å². The normalized spacial score (nSPS) is 12.2. The predicted molar refractivity (Wildman–Crippen MR) is 262 cm³/mol. The molecule has 66 heavy (non-hydrogen) atoms. The molecule has 5 aromatic rings. The maximum absolute atomic E-state index is 13.6. The van der Waals surface area contributed by atoms with Crippen LogP contribution in [0.2, 0.25) is 40.2 Å². The van der Waals surface area contributed by atoms with E-state index in [1.54, 1.807) is 26.0 Å². The van der Waals surface area contributed by atoms with Crippen molar-refractivity contribution in [2.45, 2.75) is 52.6 Å². The second kappa shape index (κ2) is 23.0. The Hall–Kier alpha value is -5.16. The average Bonchev–Trinajstić information content (AvgIpc) is 3.25. The average molecular weight is 1050 g/mol. The van der Waals surface area contributed by atoms with E-state index >= 15 is 0 Å². The van der Waals surface area contributed by atoms with E-state index in [1.807, 2.05) is 0 Å². The Morgan fingerprint density at radius 2 is 0.803 bits per heavy atom. The maximum Gasteiger partial charge on any atom is 0.258 e. The first kappa shape index (κ1) is 51.8. The summed E-state index contributed by atoms with van der Waals surface area (Å²) in [6, 6.07) is 13.9. The molecule has 4 N–H and O–H groups in total. The molecule has 0 heterocycles. The lowest BCUT2D eigenvalue weighted by Crippen LogP contribution is -2.33. The molecule has 0 aromatic heterocycles. The zero-order valence-electron chi connectivity index (χ0n) is 34.8. The molecular weight excluding hydrogens is 1020 g/mol. The molecule has 0 spiro atoms. The van der Waals surface area contributed by atoms with Crippen LogP contribution in [0.25, 0.3) is 0 Å². The van der Waals surface area contributed by atoms with E-state index in [-0.39, 0.29) is 74.1 Å². The number of Topliss-reactive ketones (excluding diaryl/α,β-unsaturated/α-hetero) is 2. The summed E-state index contributed by atoms with van der Waals surface area (Å²) in [5.41, 5.74) is 2.47. The van der Waals surface area contributed by atoms with Gasteiger partial charge in [-0.2, -0.15) is 20.5 Å². The Labute approximate surface area is 417 Å². The minimum absolute atomic E-state index is 0.00648. The largest absolute Gasteiger partial charge is 0.323 e. The number of carbonyl (C=O) groups excluding carboxylic acids is 6. The first-order valence-corrected chi connectivity index (χ1v) is 22.3. The molecule has 342 valence electrons. The van der Waals surface area contributed by atoms with E-state index in [0.717, 1.165) is 13.8 Å². The SMILES string of the molecule is CCc1cc(NC(=O)C(N=Nc2cc(C(=O)Nc3cc(Cl)c(Cl)c(Cl)c3)ccc2Cl)C(C)=O)c(CC)cc1NC(=O)C(N=Nc1cc(C(=O)Nc2cc(Cl)c(Cl)c(Cl)c2)ccc1Cl)C(C)=O. The summed E-state index contributed by atoms with van der Waals surface area (Å²) in [5, 5.41) is 27.8. The van der Waals surface area contributed by atoms with Crippen LogP contribution in [0.1, 0.15) is 59.5 Å². The molecule has 0 bridgehead atoms. The Balaban J connectivity index is 1.31. The maximum atomic E-state index is 13.6. The number of halogens is 8. The van der Waals surface area contributed by atoms with Crippen LogP contribution in [-0.2, 0) is 32.0 Å². The van der Waals surface area contributed by atoms with Crippen molar-refractivity contribution < 1.29 is 28.8 Å². The number of aryl methyl sites for hydroxylation is 2. The van der Waals surface area contributed by atoms with Gasteiger partial charge in [0, 0.05) is 33.9 Å². The fourth-order valence-electron chi connectivity index (χ4n) is 5.91. The number of hydrogen-bond acceptors (Lipinski definition) is 10. The van der Waals surface area contributed by atoms with Gasteiger partial charge in [0.2, 0.25) is 12.1 Å². The van der Waals surface area contributed by atoms with Gasteiger partial charge in [-0.1, -0.05) is 107 Å². The van der Waals surface area contributed by atoms with Crippen LogP contribution >= 0.6 is 92.8 Å². The third kappa shape index (κ3) is 13.0. The van der Waals surface area contributed by atoms with Crippen LogP contribution < -0.4 is 21.3 Å². The third-order valence-corrected chi connectivity index (χ3v) is 12.4. The number of carbonyl (C=O) groups is 6. The van der Waals surface area contributed by atoms with E-state index in [0.29, 0.717) is 35.3 Å². The van der Waals surface area contributed by atoms with Crippen molar-refractivity contribution >= 4 is 162 Å². The van der Waals surface area contributed by atoms with E-state index < -0.39 is 47.3 Å². The topological polar surface area (TPSA) is 200 Å². The van der Waals surface area contributed by atoms with Crippen LogP contribution in [0.3, 0.4) is 0 Å². The molecule has 0 saturated heterocycles. The minimum Gasteiger partial charge on any atom is -0.323 e. The Kier molecular flexibility index (Phi) is 18.1. The summed E-state index contributed by atoms with van der Waals surface area (Å²) in [7, 11) is 0. The van der Waals surface area contributed by atoms with Crippen LogP contribution in [-0.4, -0.2) is 47.3 Å². The smallest absolute Gasteiger partial charge is 0.258 e. The molecule has 0 radical (unpaired) electrons. The third-order valence-electron chi connectivity index (χ3n) is 9.34. The summed E-state index contributed by atoms with van der Waals surface area (Å²) in [6.45, 7) is 5.93. The molecule has 4 amide bonds. The Morgan fingerprint density at radius 3 is 1.11 bits per heavy atom. The van der Waals surface area contributed by atoms with E-state index in [4.69, 9.17) is 92.8 Å². The lowest BCUT2D eigenvalue weighted by Gasteiger charge is -2.18. The number of nitrogens with zero attached hydrogens (tertiary/aromatic N) is 4. The summed E-state index contributed by atoms with van der Waals surface area (Å²) in [6.07, 6.45) is 0.702. The Bertz CT molecular complexity index is 2620. The second-order valence-corrected chi connectivity index (χ2v) is 17.3. The molecule has 0 saturated carbocycles. The fraction of sp³-hybridized carbons (Fsp3) is 0.182. The predicted octanol–water partition coefficient (Wildman–Crippen LogP) is 13.9. The van der Waals surface area contributed by atoms with Crippen molar-refractivity contribution in [1.82, 2.24) is 0 Å². The van der Waals surface area contributed by atoms with Gasteiger partial charge in [0.1, 0.15) is 11.4 Å². The molecule has 5 rings (SSSR count). The lowest BCUT2D eigenvalue weighted by molar-refractivity contribution is -0.127. The molecule has 22 heteroatoms. The molecular formula is C44H34Cl8N8O6. The van der Waals surface area contributed by atoms with Gasteiger partial charge in [-0.25, -0.2) is 0 Å². The first-order valence-electron chi connectivity index (χ1n) is 19.3. The van der Waals surface area contributed by atoms with Crippen LogP contribution in [0.5, 0.6) is 0 Å². The number of anilines is 4.